The first-order valence-corrected chi connectivity index (χ1v) is 11.5. The number of nitrogens with one attached hydrogen (secondary N) is 1. The number of likely N-dealkylation sites (tertiary alicyclic amines) is 1. The van der Waals surface area contributed by atoms with Gasteiger partial charge in [-0.25, -0.2) is 4.68 Å². The molecule has 1 atom stereocenters. The van der Waals surface area contributed by atoms with Crippen molar-refractivity contribution in [3.05, 3.63) is 11.9 Å². The number of nitrogens with zero attached hydrogens (tertiary/aromatic N) is 4. The lowest BCUT2D eigenvalue weighted by atomic mass is 9.59. The van der Waals surface area contributed by atoms with Crippen molar-refractivity contribution in [2.24, 2.45) is 17.3 Å². The highest BCUT2D eigenvalue weighted by Crippen LogP contribution is 2.56. The third-order valence-electron chi connectivity index (χ3n) is 7.38. The fourth-order valence-electron chi connectivity index (χ4n) is 5.38. The van der Waals surface area contributed by atoms with Crippen LogP contribution in [0.15, 0.2) is 6.20 Å². The first-order chi connectivity index (χ1) is 14.0. The van der Waals surface area contributed by atoms with Crippen molar-refractivity contribution in [3.63, 3.8) is 0 Å². The summed E-state index contributed by atoms with van der Waals surface area (Å²) < 4.78 is 1.91. The molecular formula is C22H35N5O2. The van der Waals surface area contributed by atoms with Gasteiger partial charge in [-0.1, -0.05) is 38.3 Å². The largest absolute Gasteiger partial charge is 0.350 e. The second-order valence-electron chi connectivity index (χ2n) is 9.76. The molecule has 1 aliphatic heterocycles. The Labute approximate surface area is 173 Å². The van der Waals surface area contributed by atoms with E-state index in [1.54, 1.807) is 6.20 Å². The summed E-state index contributed by atoms with van der Waals surface area (Å²) in [5.74, 6) is 0.911. The highest BCUT2D eigenvalue weighted by molar-refractivity contribution is 5.91. The van der Waals surface area contributed by atoms with Crippen LogP contribution in [-0.4, -0.2) is 51.3 Å². The molecule has 2 aliphatic carbocycles. The van der Waals surface area contributed by atoms with E-state index >= 15 is 0 Å². The maximum Gasteiger partial charge on any atom is 0.273 e. The predicted octanol–water partition coefficient (Wildman–Crippen LogP) is 3.19. The molecule has 3 aliphatic rings. The molecule has 29 heavy (non-hydrogen) atoms. The van der Waals surface area contributed by atoms with Gasteiger partial charge in [0.05, 0.1) is 12.2 Å². The Kier molecular flexibility index (Phi) is 5.93. The van der Waals surface area contributed by atoms with E-state index in [4.69, 9.17) is 0 Å². The van der Waals surface area contributed by atoms with Gasteiger partial charge >= 0.3 is 0 Å². The van der Waals surface area contributed by atoms with E-state index in [9.17, 15) is 9.59 Å². The van der Waals surface area contributed by atoms with Crippen molar-refractivity contribution >= 4 is 11.8 Å². The fraction of sp³-hybridized carbons (Fsp3) is 0.818. The predicted molar refractivity (Wildman–Crippen MR) is 110 cm³/mol. The number of amides is 2. The quantitative estimate of drug-likeness (QED) is 0.822. The van der Waals surface area contributed by atoms with Crippen molar-refractivity contribution in [2.45, 2.75) is 77.7 Å². The van der Waals surface area contributed by atoms with Crippen LogP contribution in [0.3, 0.4) is 0 Å². The molecule has 0 aromatic carbocycles. The van der Waals surface area contributed by atoms with Gasteiger partial charge in [-0.3, -0.25) is 9.59 Å². The van der Waals surface area contributed by atoms with Crippen LogP contribution in [-0.2, 0) is 4.79 Å². The van der Waals surface area contributed by atoms with Gasteiger partial charge in [0, 0.05) is 25.6 Å². The molecule has 2 saturated carbocycles. The van der Waals surface area contributed by atoms with Crippen LogP contribution in [0.4, 0.5) is 0 Å². The van der Waals surface area contributed by atoms with Crippen molar-refractivity contribution in [2.75, 3.05) is 19.6 Å². The minimum atomic E-state index is -0.147. The number of carbonyl (C=O) groups excluding carboxylic acids is 2. The summed E-state index contributed by atoms with van der Waals surface area (Å²) in [6.07, 6.45) is 12.0. The number of aromatic nitrogens is 3. The molecule has 7 nitrogen and oxygen atoms in total. The molecule has 1 saturated heterocycles. The lowest BCUT2D eigenvalue weighted by Gasteiger charge is -2.53. The summed E-state index contributed by atoms with van der Waals surface area (Å²) in [4.78, 5) is 27.2. The highest BCUT2D eigenvalue weighted by Gasteiger charge is 2.50. The second kappa shape index (κ2) is 8.44. The third-order valence-corrected chi connectivity index (χ3v) is 7.38. The van der Waals surface area contributed by atoms with Gasteiger partial charge in [-0.05, 0) is 49.9 Å². The van der Waals surface area contributed by atoms with Gasteiger partial charge in [0.1, 0.15) is 0 Å². The normalized spacial score (nSPS) is 24.5. The van der Waals surface area contributed by atoms with Gasteiger partial charge < -0.3 is 10.2 Å². The smallest absolute Gasteiger partial charge is 0.273 e. The van der Waals surface area contributed by atoms with Crippen molar-refractivity contribution < 1.29 is 9.59 Å². The Hall–Kier alpha value is -1.92. The Morgan fingerprint density at radius 1 is 1.14 bits per heavy atom. The number of hydrogen-bond acceptors (Lipinski definition) is 4. The lowest BCUT2D eigenvalue weighted by molar-refractivity contribution is -0.141. The summed E-state index contributed by atoms with van der Waals surface area (Å²) in [5.41, 5.74) is 0.612. The van der Waals surface area contributed by atoms with Gasteiger partial charge in [0.2, 0.25) is 5.91 Å². The molecule has 160 valence electrons. The zero-order valence-corrected chi connectivity index (χ0v) is 17.9. The van der Waals surface area contributed by atoms with E-state index in [-0.39, 0.29) is 17.2 Å². The molecule has 0 bridgehead atoms. The SMILES string of the molecule is CC(C)CNC(=O)c1cn(C2CCC23CCN(C(=O)C2CCCCC2)CC3)nn1. The van der Waals surface area contributed by atoms with Crippen LogP contribution in [0.5, 0.6) is 0 Å². The van der Waals surface area contributed by atoms with Crippen LogP contribution in [0.1, 0.15) is 88.2 Å². The summed E-state index contributed by atoms with van der Waals surface area (Å²) >= 11 is 0. The average molecular weight is 402 g/mol. The molecule has 7 heteroatoms. The molecule has 1 aromatic heterocycles. The molecule has 3 fully saturated rings. The lowest BCUT2D eigenvalue weighted by Crippen LogP contribution is -2.52. The maximum atomic E-state index is 12.9. The zero-order valence-electron chi connectivity index (χ0n) is 17.9. The molecule has 4 rings (SSSR count). The van der Waals surface area contributed by atoms with E-state index in [2.05, 4.69) is 34.4 Å². The summed E-state index contributed by atoms with van der Waals surface area (Å²) in [6, 6.07) is 0.300. The monoisotopic (exact) mass is 401 g/mol. The third kappa shape index (κ3) is 4.19. The zero-order chi connectivity index (χ0) is 20.4. The van der Waals surface area contributed by atoms with Crippen LogP contribution in [0.2, 0.25) is 0 Å². The number of piperidine rings is 1. The van der Waals surface area contributed by atoms with Gasteiger partial charge in [0.15, 0.2) is 5.69 Å². The standard InChI is InChI=1S/C22H35N5O2/c1-16(2)14-23-20(28)18-15-27(25-24-18)19-8-9-22(19)10-12-26(13-11-22)21(29)17-6-4-3-5-7-17/h15-17,19H,3-14H2,1-2H3,(H,23,28). The molecule has 2 heterocycles. The number of carbonyl (C=O) groups is 2. The Bertz CT molecular complexity index is 729. The van der Waals surface area contributed by atoms with E-state index in [1.807, 2.05) is 4.68 Å². The molecule has 1 aromatic rings. The second-order valence-corrected chi connectivity index (χ2v) is 9.76. The van der Waals surface area contributed by atoms with E-state index in [1.165, 1.54) is 25.7 Å². The first kappa shape index (κ1) is 20.4. The molecule has 2 amide bonds. The molecular weight excluding hydrogens is 366 g/mol. The Balaban J connectivity index is 1.34. The summed E-state index contributed by atoms with van der Waals surface area (Å²) in [6.45, 7) is 6.51. The van der Waals surface area contributed by atoms with Crippen LogP contribution in [0.25, 0.3) is 0 Å². The van der Waals surface area contributed by atoms with Crippen LogP contribution in [0, 0.1) is 17.3 Å². The van der Waals surface area contributed by atoms with Gasteiger partial charge in [-0.15, -0.1) is 5.10 Å². The molecule has 0 radical (unpaired) electrons. The molecule has 1 spiro atoms. The van der Waals surface area contributed by atoms with E-state index < -0.39 is 0 Å². The minimum Gasteiger partial charge on any atom is -0.350 e. The molecule has 1 unspecified atom stereocenters. The topological polar surface area (TPSA) is 80.1 Å². The van der Waals surface area contributed by atoms with Gasteiger partial charge in [0.25, 0.3) is 5.91 Å². The van der Waals surface area contributed by atoms with Gasteiger partial charge in [-0.2, -0.15) is 0 Å². The average Bonchev–Trinajstić information content (AvgIpc) is 3.20. The van der Waals surface area contributed by atoms with Crippen LogP contribution < -0.4 is 5.32 Å². The summed E-state index contributed by atoms with van der Waals surface area (Å²) in [7, 11) is 0. The Morgan fingerprint density at radius 3 is 2.48 bits per heavy atom. The molecule has 1 N–H and O–H groups in total. The Morgan fingerprint density at radius 2 is 1.86 bits per heavy atom. The fourth-order valence-corrected chi connectivity index (χ4v) is 5.38. The highest BCUT2D eigenvalue weighted by atomic mass is 16.2. The van der Waals surface area contributed by atoms with E-state index in [0.717, 1.165) is 45.2 Å². The maximum absolute atomic E-state index is 12.9. The van der Waals surface area contributed by atoms with Crippen LogP contribution >= 0.6 is 0 Å². The van der Waals surface area contributed by atoms with Crippen molar-refractivity contribution in [1.82, 2.24) is 25.2 Å². The summed E-state index contributed by atoms with van der Waals surface area (Å²) in [5, 5.41) is 11.3. The first-order valence-electron chi connectivity index (χ1n) is 11.5. The minimum absolute atomic E-state index is 0.147. The van der Waals surface area contributed by atoms with Crippen molar-refractivity contribution in [3.8, 4) is 0 Å². The number of hydrogen-bond donors (Lipinski definition) is 1. The van der Waals surface area contributed by atoms with Crippen molar-refractivity contribution in [1.29, 1.82) is 0 Å². The van der Waals surface area contributed by atoms with E-state index in [0.29, 0.717) is 30.1 Å². The number of rotatable bonds is 5.